The van der Waals surface area contributed by atoms with Crippen LogP contribution in [-0.2, 0) is 6.42 Å². The molecule has 110 valence electrons. The lowest BCUT2D eigenvalue weighted by atomic mass is 10.1. The van der Waals surface area contributed by atoms with E-state index < -0.39 is 5.97 Å². The van der Waals surface area contributed by atoms with Crippen LogP contribution in [-0.4, -0.2) is 29.7 Å². The van der Waals surface area contributed by atoms with E-state index in [1.165, 1.54) is 0 Å². The fourth-order valence-corrected chi connectivity index (χ4v) is 2.02. The molecule has 2 rings (SSSR count). The molecule has 0 aliphatic rings. The average molecular weight is 286 g/mol. The third kappa shape index (κ3) is 3.95. The number of aromatic carboxylic acids is 1. The Morgan fingerprint density at radius 1 is 1.33 bits per heavy atom. The van der Waals surface area contributed by atoms with E-state index in [0.29, 0.717) is 12.4 Å². The van der Waals surface area contributed by atoms with E-state index in [2.05, 4.69) is 10.3 Å². The molecule has 0 unspecified atom stereocenters. The molecule has 0 fully saturated rings. The molecular formula is C16H18N2O3. The Labute approximate surface area is 123 Å². The first-order chi connectivity index (χ1) is 10.1. The Morgan fingerprint density at radius 3 is 2.86 bits per heavy atom. The third-order valence-corrected chi connectivity index (χ3v) is 3.11. The number of carbonyl (C=O) groups is 1. The number of carboxylic acids is 1. The van der Waals surface area contributed by atoms with Crippen LogP contribution in [0.15, 0.2) is 36.4 Å². The molecule has 0 spiro atoms. The van der Waals surface area contributed by atoms with Crippen LogP contribution in [0.25, 0.3) is 0 Å². The van der Waals surface area contributed by atoms with Crippen molar-refractivity contribution in [3.8, 4) is 5.75 Å². The average Bonchev–Trinajstić information content (AvgIpc) is 2.47. The van der Waals surface area contributed by atoms with Gasteiger partial charge in [-0.15, -0.1) is 0 Å². The summed E-state index contributed by atoms with van der Waals surface area (Å²) < 4.78 is 5.18. The minimum absolute atomic E-state index is 0.186. The maximum absolute atomic E-state index is 11.2. The van der Waals surface area contributed by atoms with Crippen LogP contribution >= 0.6 is 0 Å². The van der Waals surface area contributed by atoms with Gasteiger partial charge in [0.15, 0.2) is 0 Å². The summed E-state index contributed by atoms with van der Waals surface area (Å²) in [4.78, 5) is 15.4. The number of nitrogens with one attached hydrogen (secondary N) is 1. The fourth-order valence-electron chi connectivity index (χ4n) is 2.02. The highest BCUT2D eigenvalue weighted by atomic mass is 16.5. The van der Waals surface area contributed by atoms with Crippen molar-refractivity contribution in [3.05, 3.63) is 53.2 Å². The van der Waals surface area contributed by atoms with Gasteiger partial charge < -0.3 is 15.2 Å². The number of hydrogen-bond donors (Lipinski definition) is 2. The van der Waals surface area contributed by atoms with Gasteiger partial charge in [0.1, 0.15) is 17.1 Å². The van der Waals surface area contributed by atoms with Gasteiger partial charge in [-0.3, -0.25) is 0 Å². The van der Waals surface area contributed by atoms with Crippen molar-refractivity contribution in [1.82, 2.24) is 4.98 Å². The number of aryl methyl sites for hydroxylation is 1. The number of nitrogens with zero attached hydrogens (tertiary/aromatic N) is 1. The van der Waals surface area contributed by atoms with Crippen molar-refractivity contribution in [2.24, 2.45) is 0 Å². The summed E-state index contributed by atoms with van der Waals surface area (Å²) in [6.07, 6.45) is 0.756. The van der Waals surface area contributed by atoms with Crippen molar-refractivity contribution in [3.63, 3.8) is 0 Å². The molecule has 1 aromatic carbocycles. The topological polar surface area (TPSA) is 71.5 Å². The van der Waals surface area contributed by atoms with Gasteiger partial charge in [-0.25, -0.2) is 9.78 Å². The summed E-state index contributed by atoms with van der Waals surface area (Å²) in [6, 6.07) is 11.0. The Morgan fingerprint density at radius 2 is 2.14 bits per heavy atom. The van der Waals surface area contributed by atoms with Crippen LogP contribution in [0.5, 0.6) is 5.75 Å². The molecule has 5 heteroatoms. The molecular weight excluding hydrogens is 268 g/mol. The van der Waals surface area contributed by atoms with Gasteiger partial charge in [-0.2, -0.15) is 0 Å². The number of anilines is 1. The Bertz CT molecular complexity index is 641. The van der Waals surface area contributed by atoms with E-state index in [-0.39, 0.29) is 5.56 Å². The van der Waals surface area contributed by atoms with Gasteiger partial charge in [0, 0.05) is 12.2 Å². The molecule has 2 aromatic rings. The molecule has 0 bridgehead atoms. The van der Waals surface area contributed by atoms with Crippen LogP contribution in [0, 0.1) is 6.92 Å². The summed E-state index contributed by atoms with van der Waals surface area (Å²) in [6.45, 7) is 2.43. The normalized spacial score (nSPS) is 10.2. The fraction of sp³-hybridized carbons (Fsp3) is 0.250. The minimum Gasteiger partial charge on any atom is -0.497 e. The molecule has 0 amide bonds. The zero-order chi connectivity index (χ0) is 15.2. The first-order valence-electron chi connectivity index (χ1n) is 6.68. The summed E-state index contributed by atoms with van der Waals surface area (Å²) in [5, 5.41) is 12.2. The highest BCUT2D eigenvalue weighted by molar-refractivity contribution is 5.93. The number of carboxylic acid groups (broad SMARTS) is 1. The van der Waals surface area contributed by atoms with Gasteiger partial charge in [-0.1, -0.05) is 12.1 Å². The van der Waals surface area contributed by atoms with Gasteiger partial charge in [0.05, 0.1) is 7.11 Å². The van der Waals surface area contributed by atoms with Crippen LogP contribution in [0.2, 0.25) is 0 Å². The number of pyridine rings is 1. The van der Waals surface area contributed by atoms with Crippen molar-refractivity contribution in [2.45, 2.75) is 13.3 Å². The molecule has 21 heavy (non-hydrogen) atoms. The molecule has 0 aliphatic heterocycles. The summed E-state index contributed by atoms with van der Waals surface area (Å²) in [5.74, 6) is 0.240. The smallest absolute Gasteiger partial charge is 0.339 e. The summed E-state index contributed by atoms with van der Waals surface area (Å²) in [7, 11) is 1.63. The SMILES string of the molecule is COc1cccc(CCNc2nc(C)ccc2C(=O)O)c1. The van der Waals surface area contributed by atoms with Crippen LogP contribution in [0.4, 0.5) is 5.82 Å². The summed E-state index contributed by atoms with van der Waals surface area (Å²) in [5.41, 5.74) is 2.08. The lowest BCUT2D eigenvalue weighted by Crippen LogP contribution is -2.11. The second-order valence-corrected chi connectivity index (χ2v) is 4.68. The van der Waals surface area contributed by atoms with Crippen LogP contribution in [0.3, 0.4) is 0 Å². The van der Waals surface area contributed by atoms with Gasteiger partial charge in [0.25, 0.3) is 0 Å². The van der Waals surface area contributed by atoms with Crippen molar-refractivity contribution >= 4 is 11.8 Å². The van der Waals surface area contributed by atoms with E-state index in [0.717, 1.165) is 23.4 Å². The Hall–Kier alpha value is -2.56. The maximum atomic E-state index is 11.2. The Balaban J connectivity index is 2.03. The molecule has 0 saturated carbocycles. The zero-order valence-electron chi connectivity index (χ0n) is 12.1. The minimum atomic E-state index is -0.980. The lowest BCUT2D eigenvalue weighted by Gasteiger charge is -2.10. The van der Waals surface area contributed by atoms with E-state index in [9.17, 15) is 4.79 Å². The number of hydrogen-bond acceptors (Lipinski definition) is 4. The number of ether oxygens (including phenoxy) is 1. The monoisotopic (exact) mass is 286 g/mol. The number of benzene rings is 1. The molecule has 0 radical (unpaired) electrons. The first kappa shape index (κ1) is 14.8. The van der Waals surface area contributed by atoms with Crippen molar-refractivity contribution in [2.75, 3.05) is 19.0 Å². The second-order valence-electron chi connectivity index (χ2n) is 4.68. The largest absolute Gasteiger partial charge is 0.497 e. The first-order valence-corrected chi connectivity index (χ1v) is 6.68. The highest BCUT2D eigenvalue weighted by Crippen LogP contribution is 2.15. The third-order valence-electron chi connectivity index (χ3n) is 3.11. The molecule has 0 aliphatic carbocycles. The van der Waals surface area contributed by atoms with Crippen LogP contribution in [0.1, 0.15) is 21.6 Å². The molecule has 2 N–H and O–H groups in total. The predicted molar refractivity (Wildman–Crippen MR) is 81.1 cm³/mol. The van der Waals surface area contributed by atoms with Gasteiger partial charge in [-0.05, 0) is 43.2 Å². The quantitative estimate of drug-likeness (QED) is 0.854. The summed E-state index contributed by atoms with van der Waals surface area (Å²) >= 11 is 0. The molecule has 0 atom stereocenters. The van der Waals surface area contributed by atoms with Crippen LogP contribution < -0.4 is 10.1 Å². The van der Waals surface area contributed by atoms with E-state index in [1.54, 1.807) is 19.2 Å². The number of methoxy groups -OCH3 is 1. The molecule has 1 aromatic heterocycles. The maximum Gasteiger partial charge on any atom is 0.339 e. The Kier molecular flexibility index (Phi) is 4.77. The highest BCUT2D eigenvalue weighted by Gasteiger charge is 2.11. The zero-order valence-corrected chi connectivity index (χ0v) is 12.1. The predicted octanol–water partition coefficient (Wildman–Crippen LogP) is 2.75. The standard InChI is InChI=1S/C16H18N2O3/c1-11-6-7-14(16(19)20)15(18-11)17-9-8-12-4-3-5-13(10-12)21-2/h3-7,10H,8-9H2,1-2H3,(H,17,18)(H,19,20). The number of rotatable bonds is 6. The molecule has 1 heterocycles. The van der Waals surface area contributed by atoms with Crippen molar-refractivity contribution in [1.29, 1.82) is 0 Å². The van der Waals surface area contributed by atoms with Gasteiger partial charge >= 0.3 is 5.97 Å². The van der Waals surface area contributed by atoms with Gasteiger partial charge in [0.2, 0.25) is 0 Å². The lowest BCUT2D eigenvalue weighted by molar-refractivity contribution is 0.0697. The van der Waals surface area contributed by atoms with E-state index >= 15 is 0 Å². The second kappa shape index (κ2) is 6.74. The number of aromatic nitrogens is 1. The molecule has 5 nitrogen and oxygen atoms in total. The molecule has 0 saturated heterocycles. The van der Waals surface area contributed by atoms with Crippen molar-refractivity contribution < 1.29 is 14.6 Å². The van der Waals surface area contributed by atoms with E-state index in [1.807, 2.05) is 31.2 Å². The van der Waals surface area contributed by atoms with E-state index in [4.69, 9.17) is 9.84 Å².